The molecule has 4 rings (SSSR count). The Labute approximate surface area is 144 Å². The van der Waals surface area contributed by atoms with E-state index in [2.05, 4.69) is 54.3 Å². The highest BCUT2D eigenvalue weighted by Crippen LogP contribution is 2.34. The van der Waals surface area contributed by atoms with Gasteiger partial charge in [0.15, 0.2) is 5.78 Å². The average molecular weight is 319 g/mol. The van der Waals surface area contributed by atoms with Gasteiger partial charge in [-0.25, -0.2) is 0 Å². The van der Waals surface area contributed by atoms with Crippen LogP contribution in [0.4, 0.5) is 0 Å². The molecule has 2 aromatic rings. The van der Waals surface area contributed by atoms with Crippen LogP contribution in [0.2, 0.25) is 0 Å². The second kappa shape index (κ2) is 6.52. The molecule has 1 aliphatic heterocycles. The maximum absolute atomic E-state index is 12.7. The Morgan fingerprint density at radius 3 is 2.33 bits per heavy atom. The first kappa shape index (κ1) is 15.6. The Hall–Kier alpha value is -1.93. The van der Waals surface area contributed by atoms with Crippen LogP contribution in [0.5, 0.6) is 0 Å². The van der Waals surface area contributed by atoms with Gasteiger partial charge in [0.1, 0.15) is 0 Å². The second-order valence-electron chi connectivity index (χ2n) is 7.30. The number of rotatable bonds is 2. The number of ketones is 1. The quantitative estimate of drug-likeness (QED) is 0.822. The van der Waals surface area contributed by atoms with Crippen molar-refractivity contribution < 1.29 is 4.79 Å². The highest BCUT2D eigenvalue weighted by atomic mass is 16.1. The van der Waals surface area contributed by atoms with Crippen molar-refractivity contribution in [1.29, 1.82) is 0 Å². The van der Waals surface area contributed by atoms with Crippen molar-refractivity contribution in [3.05, 3.63) is 71.3 Å². The van der Waals surface area contributed by atoms with E-state index in [4.69, 9.17) is 0 Å². The molecule has 0 spiro atoms. The molecule has 0 amide bonds. The van der Waals surface area contributed by atoms with Crippen molar-refractivity contribution in [3.8, 4) is 0 Å². The fourth-order valence-electron chi connectivity index (χ4n) is 4.50. The fraction of sp³-hybridized carbons (Fsp3) is 0.409. The minimum Gasteiger partial charge on any atom is -0.299 e. The average Bonchev–Trinajstić information content (AvgIpc) is 2.66. The van der Waals surface area contributed by atoms with Gasteiger partial charge < -0.3 is 0 Å². The first-order valence-corrected chi connectivity index (χ1v) is 9.15. The molecule has 2 heteroatoms. The zero-order valence-corrected chi connectivity index (χ0v) is 14.3. The molecular weight excluding hydrogens is 294 g/mol. The molecule has 1 aliphatic carbocycles. The zero-order chi connectivity index (χ0) is 16.5. The van der Waals surface area contributed by atoms with Gasteiger partial charge in [0.05, 0.1) is 0 Å². The zero-order valence-electron chi connectivity index (χ0n) is 14.3. The predicted molar refractivity (Wildman–Crippen MR) is 97.4 cm³/mol. The van der Waals surface area contributed by atoms with Crippen LogP contribution < -0.4 is 0 Å². The number of carbonyl (C=O) groups is 1. The second-order valence-corrected chi connectivity index (χ2v) is 7.30. The first-order valence-electron chi connectivity index (χ1n) is 9.15. The Balaban J connectivity index is 1.47. The van der Waals surface area contributed by atoms with E-state index in [0.717, 1.165) is 25.1 Å². The van der Waals surface area contributed by atoms with E-state index in [-0.39, 0.29) is 5.92 Å². The molecule has 2 atom stereocenters. The van der Waals surface area contributed by atoms with Crippen LogP contribution in [-0.2, 0) is 6.42 Å². The van der Waals surface area contributed by atoms with Crippen molar-refractivity contribution in [3.63, 3.8) is 0 Å². The SMILES string of the molecule is C[C@@H]1C(=O)c2ccccc2CC1N1CCC(c2ccccc2)CC1. The Morgan fingerprint density at radius 1 is 0.917 bits per heavy atom. The third-order valence-electron chi connectivity index (χ3n) is 5.97. The van der Waals surface area contributed by atoms with E-state index in [1.165, 1.54) is 24.0 Å². The van der Waals surface area contributed by atoms with Crippen LogP contribution in [0, 0.1) is 5.92 Å². The van der Waals surface area contributed by atoms with E-state index in [1.54, 1.807) is 0 Å². The third kappa shape index (κ3) is 2.80. The summed E-state index contributed by atoms with van der Waals surface area (Å²) in [6.07, 6.45) is 3.41. The van der Waals surface area contributed by atoms with Crippen molar-refractivity contribution in [2.24, 2.45) is 5.92 Å². The maximum Gasteiger partial charge on any atom is 0.167 e. The number of benzene rings is 2. The molecule has 2 nitrogen and oxygen atoms in total. The van der Waals surface area contributed by atoms with Crippen LogP contribution in [0.1, 0.15) is 47.2 Å². The molecule has 1 fully saturated rings. The van der Waals surface area contributed by atoms with E-state index >= 15 is 0 Å². The fourth-order valence-corrected chi connectivity index (χ4v) is 4.50. The number of piperidine rings is 1. The standard InChI is InChI=1S/C22H25NO/c1-16-21(15-19-9-5-6-10-20(19)22(16)24)23-13-11-18(12-14-23)17-7-3-2-4-8-17/h2-10,16,18,21H,11-15H2,1H3/t16-,21?/m0/s1. The van der Waals surface area contributed by atoms with Gasteiger partial charge >= 0.3 is 0 Å². The van der Waals surface area contributed by atoms with Crippen molar-refractivity contribution >= 4 is 5.78 Å². The van der Waals surface area contributed by atoms with Crippen LogP contribution in [0.15, 0.2) is 54.6 Å². The molecule has 124 valence electrons. The van der Waals surface area contributed by atoms with Gasteiger partial charge in [0.25, 0.3) is 0 Å². The number of Topliss-reactive ketones (excluding diaryl/α,β-unsaturated/α-hetero) is 1. The number of hydrogen-bond donors (Lipinski definition) is 0. The minimum absolute atomic E-state index is 0.105. The lowest BCUT2D eigenvalue weighted by Gasteiger charge is -2.42. The number of nitrogens with zero attached hydrogens (tertiary/aromatic N) is 1. The molecule has 0 aromatic heterocycles. The number of hydrogen-bond acceptors (Lipinski definition) is 2. The minimum atomic E-state index is 0.105. The van der Waals surface area contributed by atoms with E-state index < -0.39 is 0 Å². The Kier molecular flexibility index (Phi) is 4.24. The molecule has 1 unspecified atom stereocenters. The summed E-state index contributed by atoms with van der Waals surface area (Å²) in [4.78, 5) is 15.3. The highest BCUT2D eigenvalue weighted by Gasteiger charge is 2.37. The topological polar surface area (TPSA) is 20.3 Å². The summed E-state index contributed by atoms with van der Waals surface area (Å²) in [5, 5.41) is 0. The molecule has 1 heterocycles. The number of fused-ring (bicyclic) bond motifs is 1. The van der Waals surface area contributed by atoms with Gasteiger partial charge in [-0.05, 0) is 49.4 Å². The molecule has 24 heavy (non-hydrogen) atoms. The van der Waals surface area contributed by atoms with Gasteiger partial charge in [0, 0.05) is 17.5 Å². The van der Waals surface area contributed by atoms with Gasteiger partial charge in [-0.3, -0.25) is 9.69 Å². The number of carbonyl (C=O) groups excluding carboxylic acids is 1. The molecule has 0 N–H and O–H groups in total. The summed E-state index contributed by atoms with van der Waals surface area (Å²) in [6, 6.07) is 19.4. The van der Waals surface area contributed by atoms with Crippen molar-refractivity contribution in [2.45, 2.75) is 38.1 Å². The van der Waals surface area contributed by atoms with Crippen molar-refractivity contribution in [1.82, 2.24) is 4.90 Å². The largest absolute Gasteiger partial charge is 0.299 e. The van der Waals surface area contributed by atoms with Crippen molar-refractivity contribution in [2.75, 3.05) is 13.1 Å². The van der Waals surface area contributed by atoms with E-state index in [1.807, 2.05) is 12.1 Å². The Morgan fingerprint density at radius 2 is 1.58 bits per heavy atom. The lowest BCUT2D eigenvalue weighted by molar-refractivity contribution is 0.0707. The summed E-state index contributed by atoms with van der Waals surface area (Å²) in [6.45, 7) is 4.32. The molecule has 2 aliphatic rings. The monoisotopic (exact) mass is 319 g/mol. The van der Waals surface area contributed by atoms with Crippen LogP contribution in [-0.4, -0.2) is 29.8 Å². The first-order chi connectivity index (χ1) is 11.7. The molecule has 1 saturated heterocycles. The van der Waals surface area contributed by atoms with Crippen LogP contribution >= 0.6 is 0 Å². The molecule has 0 radical (unpaired) electrons. The maximum atomic E-state index is 12.7. The molecule has 0 saturated carbocycles. The van der Waals surface area contributed by atoms with E-state index in [9.17, 15) is 4.79 Å². The summed E-state index contributed by atoms with van der Waals surface area (Å²) in [5.41, 5.74) is 3.64. The summed E-state index contributed by atoms with van der Waals surface area (Å²) < 4.78 is 0. The lowest BCUT2D eigenvalue weighted by atomic mass is 9.78. The van der Waals surface area contributed by atoms with Crippen LogP contribution in [0.3, 0.4) is 0 Å². The van der Waals surface area contributed by atoms with Crippen LogP contribution in [0.25, 0.3) is 0 Å². The molecular formula is C22H25NO. The third-order valence-corrected chi connectivity index (χ3v) is 5.97. The lowest BCUT2D eigenvalue weighted by Crippen LogP contribution is -2.49. The van der Waals surface area contributed by atoms with Gasteiger partial charge in [0.2, 0.25) is 0 Å². The number of likely N-dealkylation sites (tertiary alicyclic amines) is 1. The smallest absolute Gasteiger partial charge is 0.167 e. The molecule has 0 bridgehead atoms. The van der Waals surface area contributed by atoms with Gasteiger partial charge in [-0.2, -0.15) is 0 Å². The van der Waals surface area contributed by atoms with E-state index in [0.29, 0.717) is 17.7 Å². The highest BCUT2D eigenvalue weighted by molar-refractivity contribution is 6.00. The Bertz CT molecular complexity index is 716. The summed E-state index contributed by atoms with van der Waals surface area (Å²) in [7, 11) is 0. The summed E-state index contributed by atoms with van der Waals surface area (Å²) >= 11 is 0. The molecule has 2 aromatic carbocycles. The normalized spacial score (nSPS) is 25.5. The summed E-state index contributed by atoms with van der Waals surface area (Å²) in [5.74, 6) is 1.10. The van der Waals surface area contributed by atoms with Gasteiger partial charge in [-0.1, -0.05) is 61.5 Å². The van der Waals surface area contributed by atoms with Gasteiger partial charge in [-0.15, -0.1) is 0 Å². The predicted octanol–water partition coefficient (Wildman–Crippen LogP) is 4.31.